The predicted molar refractivity (Wildman–Crippen MR) is 65.1 cm³/mol. The zero-order valence-corrected chi connectivity index (χ0v) is 10.0. The number of hydrogen-bond donors (Lipinski definition) is 1. The van der Waals surface area contributed by atoms with Gasteiger partial charge in [-0.05, 0) is 12.8 Å². The van der Waals surface area contributed by atoms with Crippen molar-refractivity contribution in [3.8, 4) is 0 Å². The lowest BCUT2D eigenvalue weighted by atomic mass is 10.2. The topological polar surface area (TPSA) is 29.1 Å². The first kappa shape index (κ1) is 13.8. The Kier molecular flexibility index (Phi) is 10.8. The highest BCUT2D eigenvalue weighted by atomic mass is 35.5. The van der Waals surface area contributed by atoms with E-state index >= 15 is 0 Å². The van der Waals surface area contributed by atoms with Crippen LogP contribution in [0.5, 0.6) is 0 Å². The fourth-order valence-corrected chi connectivity index (χ4v) is 1.67. The quantitative estimate of drug-likeness (QED) is 0.378. The summed E-state index contributed by atoms with van der Waals surface area (Å²) in [7, 11) is 0. The average Bonchev–Trinajstić information content (AvgIpc) is 2.18. The summed E-state index contributed by atoms with van der Waals surface area (Å²) >= 11 is 7.27. The lowest BCUT2D eigenvalue weighted by molar-refractivity contribution is -0.121. The first-order chi connectivity index (χ1) is 6.81. The second-order valence-corrected chi connectivity index (χ2v) is 4.39. The van der Waals surface area contributed by atoms with E-state index in [4.69, 9.17) is 11.6 Å². The van der Waals surface area contributed by atoms with Gasteiger partial charge in [0.2, 0.25) is 5.91 Å². The minimum Gasteiger partial charge on any atom is -0.355 e. The monoisotopic (exact) mass is 235 g/mol. The van der Waals surface area contributed by atoms with Crippen LogP contribution in [-0.4, -0.2) is 29.8 Å². The fourth-order valence-electron chi connectivity index (χ4n) is 0.898. The predicted octanol–water partition coefficient (Wildman–Crippen LogP) is 2.43. The van der Waals surface area contributed by atoms with Crippen LogP contribution >= 0.6 is 23.4 Å². The van der Waals surface area contributed by atoms with Crippen molar-refractivity contribution in [2.45, 2.75) is 19.3 Å². The van der Waals surface area contributed by atoms with Crippen molar-refractivity contribution in [2.24, 2.45) is 0 Å². The van der Waals surface area contributed by atoms with Gasteiger partial charge in [-0.3, -0.25) is 4.79 Å². The normalized spacial score (nSPS) is 9.79. The van der Waals surface area contributed by atoms with E-state index in [1.807, 2.05) is 6.08 Å². The molecule has 0 heterocycles. The van der Waals surface area contributed by atoms with Crippen molar-refractivity contribution in [1.29, 1.82) is 0 Å². The van der Waals surface area contributed by atoms with Crippen molar-refractivity contribution in [1.82, 2.24) is 5.32 Å². The maximum atomic E-state index is 11.2. The second-order valence-electron chi connectivity index (χ2n) is 2.86. The Labute approximate surface area is 95.5 Å². The zero-order chi connectivity index (χ0) is 10.6. The lowest BCUT2D eigenvalue weighted by Crippen LogP contribution is -2.25. The highest BCUT2D eigenvalue weighted by molar-refractivity contribution is 7.99. The maximum Gasteiger partial charge on any atom is 0.220 e. The minimum atomic E-state index is 0.134. The van der Waals surface area contributed by atoms with Gasteiger partial charge in [0.15, 0.2) is 0 Å². The first-order valence-corrected chi connectivity index (χ1v) is 6.51. The van der Waals surface area contributed by atoms with Crippen molar-refractivity contribution < 1.29 is 4.79 Å². The van der Waals surface area contributed by atoms with Crippen molar-refractivity contribution >= 4 is 29.3 Å². The highest BCUT2D eigenvalue weighted by Gasteiger charge is 1.98. The molecule has 0 saturated heterocycles. The first-order valence-electron chi connectivity index (χ1n) is 4.82. The molecule has 0 aromatic carbocycles. The van der Waals surface area contributed by atoms with E-state index in [2.05, 4.69) is 11.9 Å². The smallest absolute Gasteiger partial charge is 0.220 e. The SMILES string of the molecule is C=CCSCCNC(=O)CCCCCl. The van der Waals surface area contributed by atoms with E-state index in [0.717, 1.165) is 30.9 Å². The van der Waals surface area contributed by atoms with Crippen molar-refractivity contribution in [3.63, 3.8) is 0 Å². The maximum absolute atomic E-state index is 11.2. The van der Waals surface area contributed by atoms with Crippen LogP contribution in [0.15, 0.2) is 12.7 Å². The van der Waals surface area contributed by atoms with Crippen LogP contribution in [0.2, 0.25) is 0 Å². The molecule has 0 radical (unpaired) electrons. The Hall–Kier alpha value is -0.150. The Bertz CT molecular complexity index is 164. The number of unbranched alkanes of at least 4 members (excludes halogenated alkanes) is 1. The molecule has 0 aromatic rings. The number of carbonyl (C=O) groups excluding carboxylic acids is 1. The van der Waals surface area contributed by atoms with Crippen molar-refractivity contribution in [2.75, 3.05) is 23.9 Å². The van der Waals surface area contributed by atoms with Gasteiger partial charge >= 0.3 is 0 Å². The molecule has 0 saturated carbocycles. The number of amides is 1. The summed E-state index contributed by atoms with van der Waals surface area (Å²) in [6, 6.07) is 0. The molecule has 2 nitrogen and oxygen atoms in total. The van der Waals surface area contributed by atoms with Crippen LogP contribution in [0.1, 0.15) is 19.3 Å². The number of carbonyl (C=O) groups is 1. The van der Waals surface area contributed by atoms with Crippen LogP contribution in [0.25, 0.3) is 0 Å². The molecule has 1 amide bonds. The molecular weight excluding hydrogens is 218 g/mol. The number of alkyl halides is 1. The van der Waals surface area contributed by atoms with E-state index in [-0.39, 0.29) is 5.91 Å². The molecule has 0 atom stereocenters. The number of nitrogens with one attached hydrogen (secondary N) is 1. The van der Waals surface area contributed by atoms with Gasteiger partial charge in [-0.25, -0.2) is 0 Å². The molecule has 0 aliphatic carbocycles. The summed E-state index contributed by atoms with van der Waals surface area (Å²) in [5.74, 6) is 2.67. The summed E-state index contributed by atoms with van der Waals surface area (Å²) in [6.45, 7) is 4.37. The van der Waals surface area contributed by atoms with Crippen molar-refractivity contribution in [3.05, 3.63) is 12.7 Å². The van der Waals surface area contributed by atoms with E-state index in [1.165, 1.54) is 0 Å². The van der Waals surface area contributed by atoms with E-state index in [9.17, 15) is 4.79 Å². The molecular formula is C10H18ClNOS. The van der Waals surface area contributed by atoms with Crippen LogP contribution < -0.4 is 5.32 Å². The molecule has 14 heavy (non-hydrogen) atoms. The van der Waals surface area contributed by atoms with Crippen LogP contribution in [-0.2, 0) is 4.79 Å². The number of thioether (sulfide) groups is 1. The molecule has 0 bridgehead atoms. The van der Waals surface area contributed by atoms with E-state index in [1.54, 1.807) is 11.8 Å². The molecule has 1 N–H and O–H groups in total. The van der Waals surface area contributed by atoms with Crippen LogP contribution in [0.4, 0.5) is 0 Å². The molecule has 0 fully saturated rings. The van der Waals surface area contributed by atoms with Gasteiger partial charge in [0.1, 0.15) is 0 Å². The highest BCUT2D eigenvalue weighted by Crippen LogP contribution is 1.99. The summed E-state index contributed by atoms with van der Waals surface area (Å²) in [4.78, 5) is 11.2. The standard InChI is InChI=1S/C10H18ClNOS/c1-2-8-14-9-7-12-10(13)5-3-4-6-11/h2H,1,3-9H2,(H,12,13). The van der Waals surface area contributed by atoms with Crippen LogP contribution in [0, 0.1) is 0 Å². The van der Waals surface area contributed by atoms with Gasteiger partial charge in [0.25, 0.3) is 0 Å². The summed E-state index contributed by atoms with van der Waals surface area (Å²) < 4.78 is 0. The van der Waals surface area contributed by atoms with Crippen LogP contribution in [0.3, 0.4) is 0 Å². The second kappa shape index (κ2) is 10.9. The molecule has 0 aromatic heterocycles. The van der Waals surface area contributed by atoms with Gasteiger partial charge in [-0.15, -0.1) is 18.2 Å². The third kappa shape index (κ3) is 9.93. The van der Waals surface area contributed by atoms with Gasteiger partial charge in [0.05, 0.1) is 0 Å². The fraction of sp³-hybridized carbons (Fsp3) is 0.700. The summed E-state index contributed by atoms with van der Waals surface area (Å²) in [5.41, 5.74) is 0. The Morgan fingerprint density at radius 3 is 2.93 bits per heavy atom. The zero-order valence-electron chi connectivity index (χ0n) is 8.43. The third-order valence-electron chi connectivity index (χ3n) is 1.59. The Balaban J connectivity index is 3.14. The number of rotatable bonds is 9. The average molecular weight is 236 g/mol. The van der Waals surface area contributed by atoms with Gasteiger partial charge < -0.3 is 5.32 Å². The molecule has 4 heteroatoms. The Morgan fingerprint density at radius 1 is 1.50 bits per heavy atom. The third-order valence-corrected chi connectivity index (χ3v) is 2.82. The number of halogens is 1. The van der Waals surface area contributed by atoms with Gasteiger partial charge in [0, 0.05) is 30.4 Å². The van der Waals surface area contributed by atoms with Gasteiger partial charge in [-0.1, -0.05) is 6.08 Å². The van der Waals surface area contributed by atoms with E-state index in [0.29, 0.717) is 12.3 Å². The molecule has 0 spiro atoms. The molecule has 82 valence electrons. The van der Waals surface area contributed by atoms with E-state index < -0.39 is 0 Å². The lowest BCUT2D eigenvalue weighted by Gasteiger charge is -2.03. The molecule has 0 rings (SSSR count). The minimum absolute atomic E-state index is 0.134. The number of hydrogen-bond acceptors (Lipinski definition) is 2. The molecule has 0 aliphatic heterocycles. The molecule has 0 aliphatic rings. The largest absolute Gasteiger partial charge is 0.355 e. The summed E-state index contributed by atoms with van der Waals surface area (Å²) in [6.07, 6.45) is 4.27. The Morgan fingerprint density at radius 2 is 2.29 bits per heavy atom. The molecule has 0 unspecified atom stereocenters. The van der Waals surface area contributed by atoms with Gasteiger partial charge in [-0.2, -0.15) is 11.8 Å². The summed E-state index contributed by atoms with van der Waals surface area (Å²) in [5, 5.41) is 2.86.